The fraction of sp³-hybridized carbons (Fsp3) is 0.950. The summed E-state index contributed by atoms with van der Waals surface area (Å²) in [5.74, 6) is 1.70. The molecule has 2 aliphatic heterocycles. The van der Waals surface area contributed by atoms with Gasteiger partial charge in [0.15, 0.2) is 5.96 Å². The van der Waals surface area contributed by atoms with E-state index in [1.54, 1.807) is 0 Å². The Bertz CT molecular complexity index is 407. The average Bonchev–Trinajstić information content (AvgIpc) is 2.61. The number of piperidine rings is 2. The summed E-state index contributed by atoms with van der Waals surface area (Å²) < 4.78 is 5.68. The van der Waals surface area contributed by atoms with Gasteiger partial charge >= 0.3 is 0 Å². The van der Waals surface area contributed by atoms with Crippen molar-refractivity contribution in [3.8, 4) is 0 Å². The maximum Gasteiger partial charge on any atom is 0.191 e. The van der Waals surface area contributed by atoms with E-state index in [4.69, 9.17) is 9.73 Å². The highest BCUT2D eigenvalue weighted by Gasteiger charge is 2.21. The van der Waals surface area contributed by atoms with E-state index in [9.17, 15) is 0 Å². The molecular formula is C20H41N5O. The van der Waals surface area contributed by atoms with Crippen LogP contribution in [0.25, 0.3) is 0 Å². The molecule has 2 N–H and O–H groups in total. The lowest BCUT2D eigenvalue weighted by Crippen LogP contribution is -2.49. The van der Waals surface area contributed by atoms with Gasteiger partial charge in [0, 0.05) is 45.3 Å². The van der Waals surface area contributed by atoms with Crippen LogP contribution in [-0.4, -0.2) is 87.4 Å². The van der Waals surface area contributed by atoms with Crippen LogP contribution in [0.2, 0.25) is 0 Å². The fourth-order valence-electron chi connectivity index (χ4n) is 3.87. The number of nitrogens with one attached hydrogen (secondary N) is 2. The quantitative estimate of drug-likeness (QED) is 0.506. The van der Waals surface area contributed by atoms with Crippen molar-refractivity contribution in [2.24, 2.45) is 10.9 Å². The van der Waals surface area contributed by atoms with Crippen molar-refractivity contribution in [2.75, 3.05) is 59.5 Å². The molecule has 0 bridgehead atoms. The van der Waals surface area contributed by atoms with E-state index in [-0.39, 0.29) is 0 Å². The van der Waals surface area contributed by atoms with Gasteiger partial charge in [-0.3, -0.25) is 4.99 Å². The van der Waals surface area contributed by atoms with Crippen LogP contribution in [0.5, 0.6) is 0 Å². The van der Waals surface area contributed by atoms with Crippen molar-refractivity contribution in [2.45, 2.75) is 58.6 Å². The molecule has 2 saturated heterocycles. The largest absolute Gasteiger partial charge is 0.377 e. The Labute approximate surface area is 160 Å². The highest BCUT2D eigenvalue weighted by atomic mass is 16.5. The molecule has 0 aromatic heterocycles. The summed E-state index contributed by atoms with van der Waals surface area (Å²) in [5.41, 5.74) is 0. The van der Waals surface area contributed by atoms with Crippen molar-refractivity contribution in [1.82, 2.24) is 20.4 Å². The van der Waals surface area contributed by atoms with E-state index >= 15 is 0 Å². The van der Waals surface area contributed by atoms with Gasteiger partial charge in [0.2, 0.25) is 0 Å². The highest BCUT2D eigenvalue weighted by Crippen LogP contribution is 2.15. The summed E-state index contributed by atoms with van der Waals surface area (Å²) in [6.07, 6.45) is 5.30. The van der Waals surface area contributed by atoms with Crippen molar-refractivity contribution in [3.05, 3.63) is 0 Å². The first-order valence-electron chi connectivity index (χ1n) is 10.6. The molecule has 0 aromatic carbocycles. The van der Waals surface area contributed by atoms with E-state index in [2.05, 4.69) is 48.3 Å². The number of ether oxygens (including phenoxy) is 1. The molecule has 1 unspecified atom stereocenters. The maximum atomic E-state index is 5.68. The molecule has 0 aliphatic carbocycles. The SMILES string of the molecule is CCNC(=NCC1CCCN(C)C1)NC1CCN(CCOC(C)C)CC1. The summed E-state index contributed by atoms with van der Waals surface area (Å²) >= 11 is 0. The zero-order valence-corrected chi connectivity index (χ0v) is 17.5. The molecule has 152 valence electrons. The van der Waals surface area contributed by atoms with Gasteiger partial charge in [0.25, 0.3) is 0 Å². The lowest BCUT2D eigenvalue weighted by molar-refractivity contribution is 0.0532. The molecule has 0 radical (unpaired) electrons. The predicted molar refractivity (Wildman–Crippen MR) is 110 cm³/mol. The third-order valence-corrected chi connectivity index (χ3v) is 5.36. The van der Waals surface area contributed by atoms with Gasteiger partial charge in [0.1, 0.15) is 0 Å². The van der Waals surface area contributed by atoms with Gasteiger partial charge in [-0.15, -0.1) is 0 Å². The molecule has 6 heteroatoms. The lowest BCUT2D eigenvalue weighted by atomic mass is 9.99. The maximum absolute atomic E-state index is 5.68. The molecule has 0 spiro atoms. The Morgan fingerprint density at radius 3 is 2.62 bits per heavy atom. The van der Waals surface area contributed by atoms with E-state index in [0.29, 0.717) is 18.1 Å². The first-order valence-corrected chi connectivity index (χ1v) is 10.6. The third kappa shape index (κ3) is 8.23. The van der Waals surface area contributed by atoms with Crippen LogP contribution >= 0.6 is 0 Å². The molecule has 2 heterocycles. The topological polar surface area (TPSA) is 52.1 Å². The van der Waals surface area contributed by atoms with Crippen LogP contribution < -0.4 is 10.6 Å². The van der Waals surface area contributed by atoms with E-state index in [1.165, 1.54) is 38.8 Å². The van der Waals surface area contributed by atoms with Crippen molar-refractivity contribution in [1.29, 1.82) is 0 Å². The normalized spacial score (nSPS) is 24.2. The molecule has 0 amide bonds. The van der Waals surface area contributed by atoms with Crippen LogP contribution in [0.1, 0.15) is 46.5 Å². The molecule has 6 nitrogen and oxygen atoms in total. The van der Waals surface area contributed by atoms with Crippen molar-refractivity contribution < 1.29 is 4.74 Å². The molecular weight excluding hydrogens is 326 g/mol. The Morgan fingerprint density at radius 2 is 1.96 bits per heavy atom. The van der Waals surface area contributed by atoms with Crippen LogP contribution in [0.4, 0.5) is 0 Å². The van der Waals surface area contributed by atoms with Gasteiger partial charge in [-0.05, 0) is 66.0 Å². The van der Waals surface area contributed by atoms with Crippen molar-refractivity contribution >= 4 is 5.96 Å². The second kappa shape index (κ2) is 11.8. The number of guanidine groups is 1. The predicted octanol–water partition coefficient (Wildman–Crippen LogP) is 1.77. The molecule has 0 saturated carbocycles. The summed E-state index contributed by atoms with van der Waals surface area (Å²) in [5, 5.41) is 7.10. The monoisotopic (exact) mass is 367 g/mol. The third-order valence-electron chi connectivity index (χ3n) is 5.36. The van der Waals surface area contributed by atoms with Crippen LogP contribution in [0.15, 0.2) is 4.99 Å². The van der Waals surface area contributed by atoms with Gasteiger partial charge in [-0.25, -0.2) is 0 Å². The number of hydrogen-bond acceptors (Lipinski definition) is 4. The minimum absolute atomic E-state index is 0.331. The molecule has 2 aliphatic rings. The molecule has 1 atom stereocenters. The summed E-state index contributed by atoms with van der Waals surface area (Å²) in [7, 11) is 2.22. The Balaban J connectivity index is 1.71. The number of likely N-dealkylation sites (tertiary alicyclic amines) is 2. The summed E-state index contributed by atoms with van der Waals surface area (Å²) in [6, 6.07) is 0.532. The van der Waals surface area contributed by atoms with Crippen LogP contribution in [-0.2, 0) is 4.74 Å². The second-order valence-electron chi connectivity index (χ2n) is 8.17. The van der Waals surface area contributed by atoms with Crippen LogP contribution in [0, 0.1) is 5.92 Å². The average molecular weight is 368 g/mol. The standard InChI is InChI=1S/C20H41N5O/c1-5-21-20(22-15-18-7-6-10-24(4)16-18)23-19-8-11-25(12-9-19)13-14-26-17(2)3/h17-19H,5-16H2,1-4H3,(H2,21,22,23). The zero-order valence-electron chi connectivity index (χ0n) is 17.5. The lowest BCUT2D eigenvalue weighted by Gasteiger charge is -2.33. The number of nitrogens with zero attached hydrogens (tertiary/aromatic N) is 3. The molecule has 0 aromatic rings. The first kappa shape index (κ1) is 21.5. The van der Waals surface area contributed by atoms with E-state index in [1.807, 2.05) is 0 Å². The van der Waals surface area contributed by atoms with Crippen molar-refractivity contribution in [3.63, 3.8) is 0 Å². The van der Waals surface area contributed by atoms with E-state index in [0.717, 1.165) is 45.3 Å². The minimum Gasteiger partial charge on any atom is -0.377 e. The Hall–Kier alpha value is -0.850. The smallest absolute Gasteiger partial charge is 0.191 e. The number of rotatable bonds is 8. The summed E-state index contributed by atoms with van der Waals surface area (Å²) in [6.45, 7) is 14.8. The fourth-order valence-corrected chi connectivity index (χ4v) is 3.87. The number of aliphatic imine (C=N–C) groups is 1. The first-order chi connectivity index (χ1) is 12.6. The van der Waals surface area contributed by atoms with E-state index < -0.39 is 0 Å². The minimum atomic E-state index is 0.331. The molecule has 26 heavy (non-hydrogen) atoms. The van der Waals surface area contributed by atoms with Crippen LogP contribution in [0.3, 0.4) is 0 Å². The second-order valence-corrected chi connectivity index (χ2v) is 8.17. The zero-order chi connectivity index (χ0) is 18.8. The number of hydrogen-bond donors (Lipinski definition) is 2. The highest BCUT2D eigenvalue weighted by molar-refractivity contribution is 5.80. The molecule has 2 rings (SSSR count). The van der Waals surface area contributed by atoms with Gasteiger partial charge in [-0.1, -0.05) is 0 Å². The van der Waals surface area contributed by atoms with Gasteiger partial charge in [-0.2, -0.15) is 0 Å². The Kier molecular flexibility index (Phi) is 9.72. The Morgan fingerprint density at radius 1 is 1.19 bits per heavy atom. The summed E-state index contributed by atoms with van der Waals surface area (Å²) in [4.78, 5) is 9.84. The van der Waals surface area contributed by atoms with Gasteiger partial charge in [0.05, 0.1) is 12.7 Å². The van der Waals surface area contributed by atoms with Gasteiger partial charge < -0.3 is 25.2 Å². The molecule has 2 fully saturated rings.